The Balaban J connectivity index is 1.57. The summed E-state index contributed by atoms with van der Waals surface area (Å²) in [6.45, 7) is 1.85. The lowest BCUT2D eigenvalue weighted by atomic mass is 10.0. The van der Waals surface area contributed by atoms with Crippen molar-refractivity contribution in [1.29, 1.82) is 0 Å². The fourth-order valence-electron chi connectivity index (χ4n) is 3.38. The van der Waals surface area contributed by atoms with E-state index in [1.54, 1.807) is 18.4 Å². The van der Waals surface area contributed by atoms with Gasteiger partial charge in [-0.05, 0) is 36.9 Å². The number of ether oxygens (including phenoxy) is 1. The number of hydrogen-bond donors (Lipinski definition) is 0. The van der Waals surface area contributed by atoms with Crippen LogP contribution in [0.25, 0.3) is 11.5 Å². The molecule has 0 aliphatic carbocycles. The number of benzene rings is 1. The van der Waals surface area contributed by atoms with Gasteiger partial charge in [0.1, 0.15) is 5.75 Å². The van der Waals surface area contributed by atoms with Crippen LogP contribution >= 0.6 is 11.3 Å². The van der Waals surface area contributed by atoms with Gasteiger partial charge < -0.3 is 9.15 Å². The zero-order valence-corrected chi connectivity index (χ0v) is 15.0. The fraction of sp³-hybridized carbons (Fsp3) is 0.368. The molecule has 0 bridgehead atoms. The van der Waals surface area contributed by atoms with E-state index in [1.807, 2.05) is 29.0 Å². The van der Waals surface area contributed by atoms with E-state index in [-0.39, 0.29) is 6.04 Å². The molecular weight excluding hydrogens is 334 g/mol. The van der Waals surface area contributed by atoms with Crippen LogP contribution < -0.4 is 4.74 Å². The van der Waals surface area contributed by atoms with Crippen molar-refractivity contribution in [2.45, 2.75) is 31.8 Å². The Bertz CT molecular complexity index is 816. The van der Waals surface area contributed by atoms with Gasteiger partial charge in [-0.15, -0.1) is 10.2 Å². The first-order chi connectivity index (χ1) is 12.3. The van der Waals surface area contributed by atoms with Crippen molar-refractivity contribution in [3.63, 3.8) is 0 Å². The van der Waals surface area contributed by atoms with E-state index in [4.69, 9.17) is 9.15 Å². The first-order valence-corrected chi connectivity index (χ1v) is 9.51. The standard InChI is InChI=1S/C19H21N3O2S/c1-23-17-8-3-2-6-14(17)12-22-10-5-4-7-16(22)19-21-20-18(24-19)15-9-11-25-13-15/h2-3,6,8-9,11,13,16H,4-5,7,10,12H2,1H3/t16-/m0/s1. The Kier molecular flexibility index (Phi) is 4.81. The van der Waals surface area contributed by atoms with Gasteiger partial charge in [0.2, 0.25) is 11.8 Å². The molecule has 0 spiro atoms. The lowest BCUT2D eigenvalue weighted by molar-refractivity contribution is 0.117. The second-order valence-corrected chi connectivity index (χ2v) is 7.03. The third kappa shape index (κ3) is 3.45. The van der Waals surface area contributed by atoms with Gasteiger partial charge in [0.25, 0.3) is 0 Å². The molecule has 1 aliphatic heterocycles. The number of likely N-dealkylation sites (tertiary alicyclic amines) is 1. The highest BCUT2D eigenvalue weighted by Crippen LogP contribution is 2.34. The molecule has 2 aromatic heterocycles. The van der Waals surface area contributed by atoms with Gasteiger partial charge in [-0.25, -0.2) is 0 Å². The highest BCUT2D eigenvalue weighted by molar-refractivity contribution is 7.08. The van der Waals surface area contributed by atoms with Gasteiger partial charge in [-0.1, -0.05) is 24.6 Å². The molecule has 4 rings (SSSR count). The molecule has 1 atom stereocenters. The van der Waals surface area contributed by atoms with Crippen LogP contribution in [0.15, 0.2) is 45.5 Å². The number of thiophene rings is 1. The second kappa shape index (κ2) is 7.37. The van der Waals surface area contributed by atoms with E-state index in [0.29, 0.717) is 5.89 Å². The Hall–Kier alpha value is -2.18. The first-order valence-electron chi connectivity index (χ1n) is 8.57. The molecule has 0 N–H and O–H groups in total. The molecule has 6 heteroatoms. The van der Waals surface area contributed by atoms with Gasteiger partial charge in [-0.3, -0.25) is 4.90 Å². The minimum atomic E-state index is 0.165. The molecule has 1 saturated heterocycles. The fourth-order valence-corrected chi connectivity index (χ4v) is 4.01. The Morgan fingerprint density at radius 3 is 3.00 bits per heavy atom. The van der Waals surface area contributed by atoms with Crippen molar-refractivity contribution in [3.8, 4) is 17.2 Å². The maximum Gasteiger partial charge on any atom is 0.248 e. The smallest absolute Gasteiger partial charge is 0.248 e. The zero-order valence-electron chi connectivity index (χ0n) is 14.2. The Labute approximate surface area is 151 Å². The first kappa shape index (κ1) is 16.3. The topological polar surface area (TPSA) is 51.4 Å². The van der Waals surface area contributed by atoms with E-state index in [1.165, 1.54) is 18.4 Å². The van der Waals surface area contributed by atoms with Crippen molar-refractivity contribution in [3.05, 3.63) is 52.5 Å². The van der Waals surface area contributed by atoms with Crippen LogP contribution in [0.4, 0.5) is 0 Å². The van der Waals surface area contributed by atoms with Crippen LogP contribution in [0, 0.1) is 0 Å². The van der Waals surface area contributed by atoms with Crippen molar-refractivity contribution in [1.82, 2.24) is 15.1 Å². The summed E-state index contributed by atoms with van der Waals surface area (Å²) in [4.78, 5) is 2.42. The predicted octanol–water partition coefficient (Wildman–Crippen LogP) is 4.53. The molecule has 1 aromatic carbocycles. The maximum absolute atomic E-state index is 6.00. The molecule has 130 valence electrons. The van der Waals surface area contributed by atoms with Gasteiger partial charge in [0, 0.05) is 23.1 Å². The number of nitrogens with zero attached hydrogens (tertiary/aromatic N) is 3. The van der Waals surface area contributed by atoms with Crippen molar-refractivity contribution < 1.29 is 9.15 Å². The molecule has 0 saturated carbocycles. The van der Waals surface area contributed by atoms with Crippen LogP contribution in [-0.4, -0.2) is 28.8 Å². The van der Waals surface area contributed by atoms with Crippen LogP contribution in [0.3, 0.4) is 0 Å². The molecule has 1 aliphatic rings. The molecule has 0 radical (unpaired) electrons. The summed E-state index contributed by atoms with van der Waals surface area (Å²) >= 11 is 1.63. The van der Waals surface area contributed by atoms with E-state index in [9.17, 15) is 0 Å². The van der Waals surface area contributed by atoms with Gasteiger partial charge >= 0.3 is 0 Å². The lowest BCUT2D eigenvalue weighted by Gasteiger charge is -2.33. The van der Waals surface area contributed by atoms with Crippen LogP contribution in [0.2, 0.25) is 0 Å². The molecule has 25 heavy (non-hydrogen) atoms. The SMILES string of the molecule is COc1ccccc1CN1CCCC[C@H]1c1nnc(-c2ccsc2)o1. The number of methoxy groups -OCH3 is 1. The van der Waals surface area contributed by atoms with Crippen LogP contribution in [0.1, 0.15) is 36.8 Å². The van der Waals surface area contributed by atoms with E-state index < -0.39 is 0 Å². The Morgan fingerprint density at radius 2 is 2.16 bits per heavy atom. The summed E-state index contributed by atoms with van der Waals surface area (Å²) in [5.41, 5.74) is 2.19. The summed E-state index contributed by atoms with van der Waals surface area (Å²) in [5.74, 6) is 2.26. The summed E-state index contributed by atoms with van der Waals surface area (Å²) in [5, 5.41) is 12.6. The number of rotatable bonds is 5. The van der Waals surface area contributed by atoms with Gasteiger partial charge in [-0.2, -0.15) is 11.3 Å². The molecule has 5 nitrogen and oxygen atoms in total. The number of piperidine rings is 1. The van der Waals surface area contributed by atoms with Gasteiger partial charge in [0.05, 0.1) is 13.2 Å². The molecule has 1 fully saturated rings. The molecular formula is C19H21N3O2S. The summed E-state index contributed by atoms with van der Waals surface area (Å²) in [7, 11) is 1.72. The van der Waals surface area contributed by atoms with Crippen LogP contribution in [0.5, 0.6) is 5.75 Å². The van der Waals surface area contributed by atoms with Crippen LogP contribution in [-0.2, 0) is 6.54 Å². The maximum atomic E-state index is 6.00. The van der Waals surface area contributed by atoms with E-state index in [0.717, 1.165) is 36.7 Å². The highest BCUT2D eigenvalue weighted by Gasteiger charge is 2.29. The molecule has 3 aromatic rings. The van der Waals surface area contributed by atoms with Gasteiger partial charge in [0.15, 0.2) is 0 Å². The summed E-state index contributed by atoms with van der Waals surface area (Å²) < 4.78 is 11.5. The molecule has 0 amide bonds. The van der Waals surface area contributed by atoms with E-state index >= 15 is 0 Å². The number of hydrogen-bond acceptors (Lipinski definition) is 6. The third-order valence-corrected chi connectivity index (χ3v) is 5.36. The zero-order chi connectivity index (χ0) is 17.1. The number of para-hydroxylation sites is 1. The van der Waals surface area contributed by atoms with Crippen molar-refractivity contribution in [2.24, 2.45) is 0 Å². The normalized spacial score (nSPS) is 18.4. The largest absolute Gasteiger partial charge is 0.496 e. The monoisotopic (exact) mass is 355 g/mol. The molecule has 3 heterocycles. The summed E-state index contributed by atoms with van der Waals surface area (Å²) in [6, 6.07) is 10.4. The molecule has 0 unspecified atom stereocenters. The quantitative estimate of drug-likeness (QED) is 0.673. The van der Waals surface area contributed by atoms with E-state index in [2.05, 4.69) is 27.2 Å². The lowest BCUT2D eigenvalue weighted by Crippen LogP contribution is -2.33. The third-order valence-electron chi connectivity index (χ3n) is 4.67. The van der Waals surface area contributed by atoms with Crippen molar-refractivity contribution >= 4 is 11.3 Å². The average molecular weight is 355 g/mol. The minimum absolute atomic E-state index is 0.165. The number of aromatic nitrogens is 2. The summed E-state index contributed by atoms with van der Waals surface area (Å²) in [6.07, 6.45) is 3.42. The average Bonchev–Trinajstić information content (AvgIpc) is 3.34. The highest BCUT2D eigenvalue weighted by atomic mass is 32.1. The minimum Gasteiger partial charge on any atom is -0.496 e. The second-order valence-electron chi connectivity index (χ2n) is 6.25. The predicted molar refractivity (Wildman–Crippen MR) is 97.6 cm³/mol. The van der Waals surface area contributed by atoms with Crippen molar-refractivity contribution in [2.75, 3.05) is 13.7 Å². The Morgan fingerprint density at radius 1 is 1.24 bits per heavy atom.